The third kappa shape index (κ3) is 4.03. The Morgan fingerprint density at radius 3 is 2.57 bits per heavy atom. The molecule has 4 rings (SSSR count). The fourth-order valence-electron chi connectivity index (χ4n) is 4.03. The molecule has 2 N–H and O–H groups in total. The maximum absolute atomic E-state index is 12.7. The van der Waals surface area contributed by atoms with Gasteiger partial charge in [0.1, 0.15) is 5.00 Å². The number of anilines is 1. The van der Waals surface area contributed by atoms with E-state index in [1.807, 2.05) is 23.5 Å². The molecule has 7 heteroatoms. The first kappa shape index (κ1) is 20.3. The number of methoxy groups -OCH3 is 2. The van der Waals surface area contributed by atoms with Crippen LogP contribution in [0, 0.1) is 0 Å². The summed E-state index contributed by atoms with van der Waals surface area (Å²) in [5.41, 5.74) is 3.29. The lowest BCUT2D eigenvalue weighted by Crippen LogP contribution is -2.32. The summed E-state index contributed by atoms with van der Waals surface area (Å²) in [6, 6.07) is 9.03. The summed E-state index contributed by atoms with van der Waals surface area (Å²) < 4.78 is 12.7. The maximum Gasteiger partial charge on any atom is 0.319 e. The first-order valence-corrected chi connectivity index (χ1v) is 11.0. The molecule has 30 heavy (non-hydrogen) atoms. The van der Waals surface area contributed by atoms with Gasteiger partial charge in [0, 0.05) is 34.6 Å². The van der Waals surface area contributed by atoms with E-state index in [0.29, 0.717) is 17.2 Å². The molecular formula is C23H27N3O3S. The molecule has 0 aliphatic heterocycles. The number of amides is 2. The number of fused-ring (bicyclic) bond motifs is 1. The van der Waals surface area contributed by atoms with Crippen LogP contribution in [0.1, 0.15) is 41.8 Å². The molecule has 158 valence electrons. The molecule has 3 aromatic rings. The number of rotatable bonds is 6. The molecule has 1 aromatic carbocycles. The Morgan fingerprint density at radius 1 is 1.10 bits per heavy atom. The SMILES string of the molecule is COc1ccc(NC(=O)N[C@H](C)c2c(-n3cccc3)sc3c2CCCC3)cc1OC. The van der Waals surface area contributed by atoms with E-state index < -0.39 is 0 Å². The minimum Gasteiger partial charge on any atom is -0.493 e. The molecule has 2 heterocycles. The van der Waals surface area contributed by atoms with Gasteiger partial charge in [0.2, 0.25) is 0 Å². The second kappa shape index (κ2) is 8.83. The number of nitrogens with one attached hydrogen (secondary N) is 2. The van der Waals surface area contributed by atoms with E-state index in [1.165, 1.54) is 33.8 Å². The Bertz CT molecular complexity index is 1030. The van der Waals surface area contributed by atoms with E-state index in [9.17, 15) is 4.79 Å². The largest absolute Gasteiger partial charge is 0.493 e. The van der Waals surface area contributed by atoms with Gasteiger partial charge in [0.25, 0.3) is 0 Å². The predicted octanol–water partition coefficient (Wildman–Crippen LogP) is 5.32. The highest BCUT2D eigenvalue weighted by Crippen LogP contribution is 2.40. The van der Waals surface area contributed by atoms with Gasteiger partial charge in [-0.05, 0) is 62.4 Å². The van der Waals surface area contributed by atoms with Gasteiger partial charge >= 0.3 is 6.03 Å². The van der Waals surface area contributed by atoms with Gasteiger partial charge in [0.05, 0.1) is 20.3 Å². The van der Waals surface area contributed by atoms with Crippen LogP contribution in [0.4, 0.5) is 10.5 Å². The summed E-state index contributed by atoms with van der Waals surface area (Å²) >= 11 is 1.85. The number of carbonyl (C=O) groups is 1. The van der Waals surface area contributed by atoms with Gasteiger partial charge in [-0.2, -0.15) is 0 Å². The van der Waals surface area contributed by atoms with Crippen LogP contribution in [0.2, 0.25) is 0 Å². The third-order valence-corrected chi connectivity index (χ3v) is 6.77. The van der Waals surface area contributed by atoms with Gasteiger partial charge in [-0.15, -0.1) is 11.3 Å². The number of aryl methyl sites for hydroxylation is 1. The van der Waals surface area contributed by atoms with Crippen molar-refractivity contribution in [3.63, 3.8) is 0 Å². The fraction of sp³-hybridized carbons (Fsp3) is 0.348. The summed E-state index contributed by atoms with van der Waals surface area (Å²) in [5, 5.41) is 7.23. The highest BCUT2D eigenvalue weighted by molar-refractivity contribution is 7.15. The zero-order chi connectivity index (χ0) is 21.1. The van der Waals surface area contributed by atoms with Crippen LogP contribution < -0.4 is 20.1 Å². The molecule has 0 bridgehead atoms. The number of nitrogens with zero attached hydrogens (tertiary/aromatic N) is 1. The topological polar surface area (TPSA) is 64.5 Å². The summed E-state index contributed by atoms with van der Waals surface area (Å²) in [6.45, 7) is 2.05. The van der Waals surface area contributed by atoms with E-state index in [1.54, 1.807) is 32.4 Å². The Balaban J connectivity index is 1.55. The first-order valence-electron chi connectivity index (χ1n) is 10.2. The van der Waals surface area contributed by atoms with Crippen molar-refractivity contribution in [3.8, 4) is 16.5 Å². The standard InChI is InChI=1S/C23H27N3O3S/c1-15(24-23(27)25-16-10-11-18(28-2)19(14-16)29-3)21-17-8-4-5-9-20(17)30-22(21)26-12-6-7-13-26/h6-7,10-15H,4-5,8-9H2,1-3H3,(H2,24,25,27)/t15-/m1/s1. The highest BCUT2D eigenvalue weighted by Gasteiger charge is 2.26. The molecule has 1 atom stereocenters. The number of aromatic nitrogens is 1. The van der Waals surface area contributed by atoms with E-state index in [4.69, 9.17) is 9.47 Å². The van der Waals surface area contributed by atoms with E-state index in [0.717, 1.165) is 12.8 Å². The minimum atomic E-state index is -0.246. The number of hydrogen-bond acceptors (Lipinski definition) is 4. The molecule has 2 amide bonds. The Morgan fingerprint density at radius 2 is 1.83 bits per heavy atom. The van der Waals surface area contributed by atoms with E-state index in [2.05, 4.69) is 34.5 Å². The molecule has 0 fully saturated rings. The average Bonchev–Trinajstić information content (AvgIpc) is 3.41. The van der Waals surface area contributed by atoms with Crippen LogP contribution >= 0.6 is 11.3 Å². The number of benzene rings is 1. The van der Waals surface area contributed by atoms with Crippen LogP contribution in [0.25, 0.3) is 5.00 Å². The lowest BCUT2D eigenvalue weighted by Gasteiger charge is -2.20. The second-order valence-corrected chi connectivity index (χ2v) is 8.49. The molecule has 0 saturated heterocycles. The molecule has 0 unspecified atom stereocenters. The molecule has 0 saturated carbocycles. The number of urea groups is 1. The molecule has 0 radical (unpaired) electrons. The zero-order valence-electron chi connectivity index (χ0n) is 17.5. The van der Waals surface area contributed by atoms with Crippen LogP contribution in [0.5, 0.6) is 11.5 Å². The van der Waals surface area contributed by atoms with Crippen LogP contribution in [0.15, 0.2) is 42.7 Å². The summed E-state index contributed by atoms with van der Waals surface area (Å²) in [7, 11) is 3.16. The van der Waals surface area contributed by atoms with Crippen molar-refractivity contribution in [2.24, 2.45) is 0 Å². The van der Waals surface area contributed by atoms with Crippen LogP contribution in [-0.4, -0.2) is 24.8 Å². The zero-order valence-corrected chi connectivity index (χ0v) is 18.3. The van der Waals surface area contributed by atoms with Crippen molar-refractivity contribution in [1.29, 1.82) is 0 Å². The summed E-state index contributed by atoms with van der Waals surface area (Å²) in [6.07, 6.45) is 8.77. The molecule has 2 aromatic heterocycles. The third-order valence-electron chi connectivity index (χ3n) is 5.45. The van der Waals surface area contributed by atoms with Gasteiger partial charge < -0.3 is 24.7 Å². The van der Waals surface area contributed by atoms with Crippen LogP contribution in [0.3, 0.4) is 0 Å². The maximum atomic E-state index is 12.7. The summed E-state index contributed by atoms with van der Waals surface area (Å²) in [4.78, 5) is 14.2. The number of thiophene rings is 1. The van der Waals surface area contributed by atoms with Crippen molar-refractivity contribution in [2.45, 2.75) is 38.6 Å². The summed E-state index contributed by atoms with van der Waals surface area (Å²) in [5.74, 6) is 1.20. The van der Waals surface area contributed by atoms with Gasteiger partial charge in [-0.3, -0.25) is 0 Å². The fourth-order valence-corrected chi connectivity index (χ4v) is 5.49. The van der Waals surface area contributed by atoms with Crippen molar-refractivity contribution in [2.75, 3.05) is 19.5 Å². The average molecular weight is 426 g/mol. The van der Waals surface area contributed by atoms with Gasteiger partial charge in [-0.1, -0.05) is 0 Å². The Kier molecular flexibility index (Phi) is 5.99. The minimum absolute atomic E-state index is 0.111. The molecular weight excluding hydrogens is 398 g/mol. The van der Waals surface area contributed by atoms with Crippen molar-refractivity contribution in [3.05, 3.63) is 58.7 Å². The lowest BCUT2D eigenvalue weighted by molar-refractivity contribution is 0.249. The normalized spacial score (nSPS) is 14.0. The second-order valence-electron chi connectivity index (χ2n) is 7.41. The monoisotopic (exact) mass is 425 g/mol. The van der Waals surface area contributed by atoms with E-state index in [-0.39, 0.29) is 12.1 Å². The molecule has 0 spiro atoms. The smallest absolute Gasteiger partial charge is 0.319 e. The van der Waals surface area contributed by atoms with Crippen molar-refractivity contribution < 1.29 is 14.3 Å². The lowest BCUT2D eigenvalue weighted by atomic mass is 9.93. The molecule has 6 nitrogen and oxygen atoms in total. The van der Waals surface area contributed by atoms with Gasteiger partial charge in [0.15, 0.2) is 11.5 Å². The first-order chi connectivity index (χ1) is 14.6. The molecule has 1 aliphatic carbocycles. The Hall–Kier alpha value is -2.93. The van der Waals surface area contributed by atoms with Gasteiger partial charge in [-0.25, -0.2) is 4.79 Å². The number of ether oxygens (including phenoxy) is 2. The predicted molar refractivity (Wildman–Crippen MR) is 120 cm³/mol. The molecule has 1 aliphatic rings. The van der Waals surface area contributed by atoms with Crippen molar-refractivity contribution >= 4 is 23.1 Å². The number of hydrogen-bond donors (Lipinski definition) is 2. The quantitative estimate of drug-likeness (QED) is 0.562. The van der Waals surface area contributed by atoms with E-state index >= 15 is 0 Å². The number of carbonyl (C=O) groups excluding carboxylic acids is 1. The van der Waals surface area contributed by atoms with Crippen molar-refractivity contribution in [1.82, 2.24) is 9.88 Å². The Labute approximate surface area is 180 Å². The van der Waals surface area contributed by atoms with Crippen LogP contribution in [-0.2, 0) is 12.8 Å². The highest BCUT2D eigenvalue weighted by atomic mass is 32.1.